The van der Waals surface area contributed by atoms with Gasteiger partial charge in [0.25, 0.3) is 0 Å². The first-order valence-corrected chi connectivity index (χ1v) is 15.8. The van der Waals surface area contributed by atoms with Crippen LogP contribution < -0.4 is 10.6 Å². The van der Waals surface area contributed by atoms with Gasteiger partial charge in [0.05, 0.1) is 29.2 Å². The molecule has 4 aromatic rings. The fourth-order valence-electron chi connectivity index (χ4n) is 5.56. The number of methoxy groups -OCH3 is 1. The summed E-state index contributed by atoms with van der Waals surface area (Å²) in [5.41, 5.74) is 3.43. The second kappa shape index (κ2) is 12.4. The van der Waals surface area contributed by atoms with E-state index in [4.69, 9.17) is 4.74 Å². The van der Waals surface area contributed by atoms with Gasteiger partial charge in [-0.3, -0.25) is 9.69 Å². The highest BCUT2D eigenvalue weighted by Crippen LogP contribution is 2.34. The van der Waals surface area contributed by atoms with Crippen LogP contribution in [0.4, 0.5) is 21.7 Å². The summed E-state index contributed by atoms with van der Waals surface area (Å²) < 4.78 is 44.4. The van der Waals surface area contributed by atoms with E-state index in [1.54, 1.807) is 19.5 Å². The monoisotopic (exact) mass is 609 g/mol. The van der Waals surface area contributed by atoms with Gasteiger partial charge in [-0.25, -0.2) is 22.8 Å². The molecule has 1 fully saturated rings. The van der Waals surface area contributed by atoms with Crippen molar-refractivity contribution in [2.45, 2.75) is 30.8 Å². The lowest BCUT2D eigenvalue weighted by Gasteiger charge is -2.41. The van der Waals surface area contributed by atoms with Crippen LogP contribution in [-0.4, -0.2) is 97.8 Å². The van der Waals surface area contributed by atoms with E-state index in [1.807, 2.05) is 25.1 Å². The fraction of sp³-hybridized carbons (Fsp3) is 0.367. The van der Waals surface area contributed by atoms with Crippen molar-refractivity contribution in [2.24, 2.45) is 0 Å². The lowest BCUT2D eigenvalue weighted by atomic mass is 10.1. The number of halogens is 1. The van der Waals surface area contributed by atoms with Gasteiger partial charge in [-0.2, -0.15) is 0 Å². The van der Waals surface area contributed by atoms with Crippen LogP contribution in [0.1, 0.15) is 12.5 Å². The maximum absolute atomic E-state index is 15.0. The van der Waals surface area contributed by atoms with Crippen molar-refractivity contribution in [3.8, 4) is 11.3 Å². The molecule has 43 heavy (non-hydrogen) atoms. The average molecular weight is 610 g/mol. The Kier molecular flexibility index (Phi) is 8.79. The second-order valence-electron chi connectivity index (χ2n) is 11.0. The first-order valence-electron chi connectivity index (χ1n) is 13.9. The Balaban J connectivity index is 1.44. The number of para-hydroxylation sites is 1. The van der Waals surface area contributed by atoms with Crippen LogP contribution >= 0.6 is 0 Å². The number of nitrogens with zero attached hydrogens (tertiary/aromatic N) is 4. The Morgan fingerprint density at radius 1 is 1.21 bits per heavy atom. The molecular formula is C30H36FN7O4S. The number of nitrogens with one attached hydrogen (secondary N) is 3. The van der Waals surface area contributed by atoms with Crippen LogP contribution in [0.2, 0.25) is 0 Å². The molecule has 0 saturated carbocycles. The molecule has 3 N–H and O–H groups in total. The van der Waals surface area contributed by atoms with E-state index in [0.717, 1.165) is 47.9 Å². The summed E-state index contributed by atoms with van der Waals surface area (Å²) >= 11 is 0. The Hall–Kier alpha value is -3.91. The third-order valence-electron chi connectivity index (χ3n) is 7.72. The summed E-state index contributed by atoms with van der Waals surface area (Å²) in [6, 6.07) is 9.47. The molecule has 1 amide bonds. The number of amides is 1. The molecule has 2 atom stereocenters. The molecule has 1 saturated heterocycles. The molecule has 5 rings (SSSR count). The van der Waals surface area contributed by atoms with Gasteiger partial charge in [0.2, 0.25) is 11.9 Å². The predicted octanol–water partition coefficient (Wildman–Crippen LogP) is 3.81. The molecule has 0 bridgehead atoms. The van der Waals surface area contributed by atoms with Crippen LogP contribution in [-0.2, 0) is 19.4 Å². The molecule has 0 radical (unpaired) electrons. The van der Waals surface area contributed by atoms with Gasteiger partial charge in [0, 0.05) is 62.4 Å². The van der Waals surface area contributed by atoms with E-state index in [0.29, 0.717) is 11.4 Å². The zero-order chi connectivity index (χ0) is 30.9. The van der Waals surface area contributed by atoms with Crippen LogP contribution in [0.3, 0.4) is 0 Å². The third kappa shape index (κ3) is 6.39. The van der Waals surface area contributed by atoms with Crippen LogP contribution in [0.5, 0.6) is 0 Å². The number of hydrogen-bond acceptors (Lipinski definition) is 9. The number of aromatic nitrogens is 3. The highest BCUT2D eigenvalue weighted by Gasteiger charge is 2.33. The summed E-state index contributed by atoms with van der Waals surface area (Å²) in [6.07, 6.45) is 4.37. The number of carbonyl (C=O) groups is 1. The average Bonchev–Trinajstić information content (AvgIpc) is 3.38. The first kappa shape index (κ1) is 30.5. The number of fused-ring (bicyclic) bond motifs is 1. The van der Waals surface area contributed by atoms with Crippen LogP contribution in [0, 0.1) is 12.7 Å². The molecule has 13 heteroatoms. The van der Waals surface area contributed by atoms with E-state index in [1.165, 1.54) is 18.2 Å². The van der Waals surface area contributed by atoms with Gasteiger partial charge in [-0.15, -0.1) is 0 Å². The number of carbonyl (C=O) groups excluding carboxylic acids is 1. The SMILES string of the molecule is COC[C@H](C(=O)Nc1cccc2c(-c3nc(Nc4cccc(S(C)(=O)=O)c4F)ncc3C)c[nH]c12)N1CCN(C)C[C@H]1C. The standard InChI is InChI=1S/C30H36FN7O4S/c1-18-14-33-30(35-22-9-7-11-25(26(22)31)43(5,40)41)36-27(18)21-15-32-28-20(21)8-6-10-23(28)34-29(39)24(17-42-4)38-13-12-37(3)16-19(38)2/h6-11,14-15,19,24,32H,12-13,16-17H2,1-5H3,(H,34,39)(H,33,35,36)/t19-,24-/m1/s1. The Morgan fingerprint density at radius 2 is 1.95 bits per heavy atom. The Morgan fingerprint density at radius 3 is 2.67 bits per heavy atom. The minimum absolute atomic E-state index is 0.0538. The number of sulfone groups is 1. The number of piperazine rings is 1. The van der Waals surface area contributed by atoms with Gasteiger partial charge in [0.15, 0.2) is 15.7 Å². The normalized spacial score (nSPS) is 17.2. The molecule has 1 aliphatic heterocycles. The topological polar surface area (TPSA) is 133 Å². The smallest absolute Gasteiger partial charge is 0.244 e. The maximum atomic E-state index is 15.0. The van der Waals surface area contributed by atoms with Gasteiger partial charge in [-0.05, 0) is 44.7 Å². The second-order valence-corrected chi connectivity index (χ2v) is 13.0. The van der Waals surface area contributed by atoms with E-state index in [-0.39, 0.29) is 30.2 Å². The number of hydrogen-bond donors (Lipinski definition) is 3. The highest BCUT2D eigenvalue weighted by atomic mass is 32.2. The number of rotatable bonds is 9. The molecule has 0 aliphatic carbocycles. The number of ether oxygens (including phenoxy) is 1. The number of anilines is 3. The van der Waals surface area contributed by atoms with Crippen molar-refractivity contribution >= 4 is 44.0 Å². The summed E-state index contributed by atoms with van der Waals surface area (Å²) in [5.74, 6) is -0.946. The van der Waals surface area contributed by atoms with Crippen LogP contribution in [0.15, 0.2) is 53.7 Å². The van der Waals surface area contributed by atoms with E-state index in [9.17, 15) is 17.6 Å². The van der Waals surface area contributed by atoms with Gasteiger partial charge < -0.3 is 25.3 Å². The summed E-state index contributed by atoms with van der Waals surface area (Å²) in [4.78, 5) is 29.8. The number of aryl methyl sites for hydroxylation is 1. The molecule has 1 aliphatic rings. The van der Waals surface area contributed by atoms with Crippen molar-refractivity contribution in [1.29, 1.82) is 0 Å². The Bertz CT molecular complexity index is 1760. The lowest BCUT2D eigenvalue weighted by Crippen LogP contribution is -2.58. The molecule has 2 aromatic heterocycles. The van der Waals surface area contributed by atoms with Crippen molar-refractivity contribution in [3.63, 3.8) is 0 Å². The van der Waals surface area contributed by atoms with Crippen LogP contribution in [0.25, 0.3) is 22.2 Å². The highest BCUT2D eigenvalue weighted by molar-refractivity contribution is 7.90. The van der Waals surface area contributed by atoms with E-state index < -0.39 is 26.6 Å². The first-order chi connectivity index (χ1) is 20.5. The number of likely N-dealkylation sites (N-methyl/N-ethyl adjacent to an activating group) is 1. The van der Waals surface area contributed by atoms with Crippen molar-refractivity contribution in [2.75, 3.05) is 57.3 Å². The van der Waals surface area contributed by atoms with Gasteiger partial charge in [0.1, 0.15) is 10.9 Å². The predicted molar refractivity (Wildman–Crippen MR) is 165 cm³/mol. The van der Waals surface area contributed by atoms with Crippen molar-refractivity contribution in [1.82, 2.24) is 24.8 Å². The molecule has 228 valence electrons. The Labute approximate surface area is 250 Å². The fourth-order valence-corrected chi connectivity index (χ4v) is 6.32. The summed E-state index contributed by atoms with van der Waals surface area (Å²) in [7, 11) is -0.0781. The molecule has 0 unspecified atom stereocenters. The lowest BCUT2D eigenvalue weighted by molar-refractivity contribution is -0.125. The van der Waals surface area contributed by atoms with E-state index >= 15 is 0 Å². The number of H-pyrrole nitrogens is 1. The third-order valence-corrected chi connectivity index (χ3v) is 8.83. The summed E-state index contributed by atoms with van der Waals surface area (Å²) in [5, 5.41) is 6.74. The zero-order valence-electron chi connectivity index (χ0n) is 24.8. The molecule has 11 nitrogen and oxygen atoms in total. The molecule has 3 heterocycles. The van der Waals surface area contributed by atoms with E-state index in [2.05, 4.69) is 49.4 Å². The number of benzene rings is 2. The van der Waals surface area contributed by atoms with Gasteiger partial charge in [-0.1, -0.05) is 18.2 Å². The van der Waals surface area contributed by atoms with Gasteiger partial charge >= 0.3 is 0 Å². The minimum Gasteiger partial charge on any atom is -0.383 e. The van der Waals surface area contributed by atoms with Crippen molar-refractivity contribution in [3.05, 3.63) is 60.2 Å². The summed E-state index contributed by atoms with van der Waals surface area (Å²) in [6.45, 7) is 6.76. The largest absolute Gasteiger partial charge is 0.383 e. The molecular weight excluding hydrogens is 573 g/mol. The quantitative estimate of drug-likeness (QED) is 0.259. The number of aromatic amines is 1. The zero-order valence-corrected chi connectivity index (χ0v) is 25.6. The molecule has 0 spiro atoms. The molecule has 2 aromatic carbocycles. The van der Waals surface area contributed by atoms with Crippen molar-refractivity contribution < 1.29 is 22.3 Å². The maximum Gasteiger partial charge on any atom is 0.244 e. The minimum atomic E-state index is -3.76.